The van der Waals surface area contributed by atoms with Gasteiger partial charge in [-0.25, -0.2) is 0 Å². The van der Waals surface area contributed by atoms with Gasteiger partial charge in [0.05, 0.1) is 5.56 Å². The lowest BCUT2D eigenvalue weighted by Crippen LogP contribution is -2.13. The van der Waals surface area contributed by atoms with Crippen LogP contribution in [0.25, 0.3) is 0 Å². The highest BCUT2D eigenvalue weighted by molar-refractivity contribution is 14.1. The number of halogens is 2. The summed E-state index contributed by atoms with van der Waals surface area (Å²) in [5.74, 6) is -0.00331. The second kappa shape index (κ2) is 5.71. The summed E-state index contributed by atoms with van der Waals surface area (Å²) in [7, 11) is 0. The molecule has 0 spiro atoms. The average molecular weight is 418 g/mol. The Morgan fingerprint density at radius 2 is 1.83 bits per heavy atom. The van der Waals surface area contributed by atoms with Gasteiger partial charge in [0, 0.05) is 13.7 Å². The number of phenols is 1. The molecule has 0 aliphatic carbocycles. The van der Waals surface area contributed by atoms with Gasteiger partial charge in [0.25, 0.3) is 5.91 Å². The highest BCUT2D eigenvalue weighted by atomic mass is 127. The predicted octanol–water partition coefficient (Wildman–Crippen LogP) is 4.01. The topological polar surface area (TPSA) is 49.3 Å². The van der Waals surface area contributed by atoms with Crippen molar-refractivity contribution in [3.8, 4) is 5.75 Å². The summed E-state index contributed by atoms with van der Waals surface area (Å²) in [6.07, 6.45) is 0. The van der Waals surface area contributed by atoms with Crippen LogP contribution >= 0.6 is 38.5 Å². The van der Waals surface area contributed by atoms with Crippen molar-refractivity contribution in [1.29, 1.82) is 0 Å². The number of benzene rings is 2. The van der Waals surface area contributed by atoms with Crippen molar-refractivity contribution in [2.75, 3.05) is 5.32 Å². The van der Waals surface area contributed by atoms with Crippen LogP contribution < -0.4 is 5.32 Å². The predicted molar refractivity (Wildman–Crippen MR) is 82.9 cm³/mol. The van der Waals surface area contributed by atoms with E-state index in [0.29, 0.717) is 11.3 Å². The minimum atomic E-state index is -0.175. The van der Waals surface area contributed by atoms with E-state index in [9.17, 15) is 4.79 Å². The highest BCUT2D eigenvalue weighted by Crippen LogP contribution is 2.20. The zero-order valence-electron chi connectivity index (χ0n) is 9.15. The first-order valence-electron chi connectivity index (χ1n) is 5.12. The van der Waals surface area contributed by atoms with E-state index in [1.165, 1.54) is 12.1 Å². The fourth-order valence-electron chi connectivity index (χ4n) is 1.41. The standard InChI is InChI=1S/C13H9BrINO2/c14-8-1-6-12(15)11(7-8)13(18)16-9-2-4-10(17)5-3-9/h1-7,17H,(H,16,18). The number of amides is 1. The molecule has 92 valence electrons. The summed E-state index contributed by atoms with van der Waals surface area (Å²) in [6, 6.07) is 11.9. The van der Waals surface area contributed by atoms with E-state index in [1.807, 2.05) is 12.1 Å². The zero-order chi connectivity index (χ0) is 13.1. The van der Waals surface area contributed by atoms with Crippen molar-refractivity contribution in [3.05, 3.63) is 56.1 Å². The molecule has 0 unspecified atom stereocenters. The normalized spacial score (nSPS) is 10.1. The molecule has 0 bridgehead atoms. The molecular formula is C13H9BrINO2. The molecule has 0 saturated heterocycles. The van der Waals surface area contributed by atoms with Crippen LogP contribution in [0.5, 0.6) is 5.75 Å². The third-order valence-corrected chi connectivity index (χ3v) is 3.73. The van der Waals surface area contributed by atoms with Gasteiger partial charge >= 0.3 is 0 Å². The summed E-state index contributed by atoms with van der Waals surface area (Å²) < 4.78 is 1.74. The van der Waals surface area contributed by atoms with Gasteiger partial charge in [-0.1, -0.05) is 15.9 Å². The lowest BCUT2D eigenvalue weighted by Gasteiger charge is -2.07. The summed E-state index contributed by atoms with van der Waals surface area (Å²) in [5, 5.41) is 11.9. The number of phenolic OH excluding ortho intramolecular Hbond substituents is 1. The van der Waals surface area contributed by atoms with Crippen LogP contribution in [-0.2, 0) is 0 Å². The lowest BCUT2D eigenvalue weighted by molar-refractivity contribution is 0.102. The number of anilines is 1. The van der Waals surface area contributed by atoms with E-state index in [0.717, 1.165) is 8.04 Å². The largest absolute Gasteiger partial charge is 0.508 e. The minimum Gasteiger partial charge on any atom is -0.508 e. The van der Waals surface area contributed by atoms with Gasteiger partial charge in [0.2, 0.25) is 0 Å². The number of hydrogen-bond acceptors (Lipinski definition) is 2. The molecule has 0 aliphatic heterocycles. The molecule has 0 atom stereocenters. The summed E-state index contributed by atoms with van der Waals surface area (Å²) in [5.41, 5.74) is 1.26. The Morgan fingerprint density at radius 1 is 1.17 bits per heavy atom. The maximum atomic E-state index is 12.1. The van der Waals surface area contributed by atoms with Crippen molar-refractivity contribution in [3.63, 3.8) is 0 Å². The molecule has 0 radical (unpaired) electrons. The van der Waals surface area contributed by atoms with E-state index in [4.69, 9.17) is 5.11 Å². The summed E-state index contributed by atoms with van der Waals surface area (Å²) in [4.78, 5) is 12.1. The van der Waals surface area contributed by atoms with Crippen LogP contribution in [0.1, 0.15) is 10.4 Å². The van der Waals surface area contributed by atoms with E-state index < -0.39 is 0 Å². The molecule has 0 aromatic heterocycles. The van der Waals surface area contributed by atoms with Crippen molar-refractivity contribution in [2.45, 2.75) is 0 Å². The van der Waals surface area contributed by atoms with Gasteiger partial charge in [-0.2, -0.15) is 0 Å². The number of hydrogen-bond donors (Lipinski definition) is 2. The van der Waals surface area contributed by atoms with Crippen LogP contribution in [0.15, 0.2) is 46.9 Å². The molecular weight excluding hydrogens is 409 g/mol. The van der Waals surface area contributed by atoms with Gasteiger partial charge in [0.1, 0.15) is 5.75 Å². The number of carbonyl (C=O) groups excluding carboxylic acids is 1. The number of carbonyl (C=O) groups is 1. The van der Waals surface area contributed by atoms with Crippen LogP contribution in [0.2, 0.25) is 0 Å². The molecule has 0 aliphatic rings. The van der Waals surface area contributed by atoms with Gasteiger partial charge < -0.3 is 10.4 Å². The Morgan fingerprint density at radius 3 is 2.50 bits per heavy atom. The van der Waals surface area contributed by atoms with Crippen LogP contribution in [0, 0.1) is 3.57 Å². The SMILES string of the molecule is O=C(Nc1ccc(O)cc1)c1cc(Br)ccc1I. The van der Waals surface area contributed by atoms with Gasteiger partial charge in [-0.3, -0.25) is 4.79 Å². The van der Waals surface area contributed by atoms with E-state index >= 15 is 0 Å². The fourth-order valence-corrected chi connectivity index (χ4v) is 2.36. The number of nitrogens with one attached hydrogen (secondary N) is 1. The maximum absolute atomic E-state index is 12.1. The Labute approximate surface area is 126 Å². The quantitative estimate of drug-likeness (QED) is 0.572. The van der Waals surface area contributed by atoms with Crippen molar-refractivity contribution >= 4 is 50.1 Å². The molecule has 2 rings (SSSR count). The van der Waals surface area contributed by atoms with Crippen LogP contribution in [0.3, 0.4) is 0 Å². The van der Waals surface area contributed by atoms with Crippen molar-refractivity contribution in [1.82, 2.24) is 0 Å². The van der Waals surface area contributed by atoms with Crippen LogP contribution in [-0.4, -0.2) is 11.0 Å². The van der Waals surface area contributed by atoms with Crippen molar-refractivity contribution in [2.24, 2.45) is 0 Å². The Hall–Kier alpha value is -1.08. The average Bonchev–Trinajstić information content (AvgIpc) is 2.35. The minimum absolute atomic E-state index is 0.171. The second-order valence-corrected chi connectivity index (χ2v) is 5.70. The Bertz CT molecular complexity index is 584. The van der Waals surface area contributed by atoms with Crippen molar-refractivity contribution < 1.29 is 9.90 Å². The highest BCUT2D eigenvalue weighted by Gasteiger charge is 2.10. The Balaban J connectivity index is 2.21. The molecule has 2 aromatic rings. The zero-order valence-corrected chi connectivity index (χ0v) is 12.9. The lowest BCUT2D eigenvalue weighted by atomic mass is 10.2. The molecule has 18 heavy (non-hydrogen) atoms. The van der Waals surface area contributed by atoms with E-state index in [-0.39, 0.29) is 11.7 Å². The molecule has 0 heterocycles. The molecule has 1 amide bonds. The first-order chi connectivity index (χ1) is 8.56. The first-order valence-corrected chi connectivity index (χ1v) is 6.99. The number of rotatable bonds is 2. The van der Waals surface area contributed by atoms with Gasteiger partial charge in [-0.05, 0) is 65.1 Å². The van der Waals surface area contributed by atoms with Crippen LogP contribution in [0.4, 0.5) is 5.69 Å². The molecule has 0 saturated carbocycles. The summed E-state index contributed by atoms with van der Waals surface area (Å²) in [6.45, 7) is 0. The molecule has 2 N–H and O–H groups in total. The maximum Gasteiger partial charge on any atom is 0.256 e. The fraction of sp³-hybridized carbons (Fsp3) is 0. The van der Waals surface area contributed by atoms with E-state index in [2.05, 4.69) is 43.8 Å². The second-order valence-electron chi connectivity index (χ2n) is 3.63. The smallest absolute Gasteiger partial charge is 0.256 e. The molecule has 2 aromatic carbocycles. The number of aromatic hydroxyl groups is 1. The summed E-state index contributed by atoms with van der Waals surface area (Å²) >= 11 is 5.46. The molecule has 3 nitrogen and oxygen atoms in total. The first kappa shape index (κ1) is 13.4. The monoisotopic (exact) mass is 417 g/mol. The molecule has 5 heteroatoms. The third kappa shape index (κ3) is 3.23. The van der Waals surface area contributed by atoms with Gasteiger partial charge in [0.15, 0.2) is 0 Å². The molecule has 0 fully saturated rings. The Kier molecular flexibility index (Phi) is 4.23. The third-order valence-electron chi connectivity index (χ3n) is 2.30. The van der Waals surface area contributed by atoms with Gasteiger partial charge in [-0.15, -0.1) is 0 Å². The van der Waals surface area contributed by atoms with E-state index in [1.54, 1.807) is 18.2 Å².